The van der Waals surface area contributed by atoms with Crippen molar-refractivity contribution in [1.82, 2.24) is 4.90 Å². The number of rotatable bonds is 11. The van der Waals surface area contributed by atoms with Crippen molar-refractivity contribution >= 4 is 56.2 Å². The van der Waals surface area contributed by atoms with Crippen LogP contribution in [0.2, 0.25) is 0 Å². The number of nitrogens with zero attached hydrogens (tertiary/aromatic N) is 1. The lowest BCUT2D eigenvalue weighted by molar-refractivity contribution is -0.127. The number of benzene rings is 2. The summed E-state index contributed by atoms with van der Waals surface area (Å²) in [6.45, 7) is 2.16. The third-order valence-electron chi connectivity index (χ3n) is 5.47. The van der Waals surface area contributed by atoms with Crippen LogP contribution in [0.5, 0.6) is 0 Å². The molecule has 1 aliphatic heterocycles. The summed E-state index contributed by atoms with van der Waals surface area (Å²) in [5, 5.41) is 11.0. The lowest BCUT2D eigenvalue weighted by Crippen LogP contribution is -2.33. The number of hydrogen-bond acceptors (Lipinski definition) is 7. The van der Waals surface area contributed by atoms with Crippen molar-refractivity contribution in [2.45, 2.75) is 37.9 Å². The van der Waals surface area contributed by atoms with Crippen LogP contribution in [0.1, 0.15) is 41.3 Å². The number of amides is 3. The monoisotopic (exact) mass is 533 g/mol. The van der Waals surface area contributed by atoms with Gasteiger partial charge in [-0.1, -0.05) is 43.0 Å². The second-order valence-electron chi connectivity index (χ2n) is 8.33. The fourth-order valence-electron chi connectivity index (χ4n) is 3.67. The van der Waals surface area contributed by atoms with E-state index in [1.54, 1.807) is 0 Å². The van der Waals surface area contributed by atoms with Gasteiger partial charge in [-0.25, -0.2) is 13.2 Å². The molecule has 3 N–H and O–H groups in total. The topological polar surface area (TPSA) is 150 Å². The van der Waals surface area contributed by atoms with Gasteiger partial charge in [0, 0.05) is 18.7 Å². The Morgan fingerprint density at radius 3 is 2.36 bits per heavy atom. The number of nitrogens with one attached hydrogen (secondary N) is 2. The van der Waals surface area contributed by atoms with Crippen LogP contribution in [-0.4, -0.2) is 59.5 Å². The molecule has 0 radical (unpaired) electrons. The zero-order valence-electron chi connectivity index (χ0n) is 19.8. The Bertz CT molecular complexity index is 1280. The zero-order chi connectivity index (χ0) is 26.5. The van der Waals surface area contributed by atoms with E-state index in [1.807, 2.05) is 24.3 Å². The van der Waals surface area contributed by atoms with Gasteiger partial charge in [-0.2, -0.15) is 0 Å². The fraction of sp³-hybridized carbons (Fsp3) is 0.333. The number of hydrogen-bond donors (Lipinski definition) is 3. The molecule has 10 nitrogen and oxygen atoms in total. The van der Waals surface area contributed by atoms with Gasteiger partial charge >= 0.3 is 5.97 Å². The van der Waals surface area contributed by atoms with Crippen molar-refractivity contribution < 1.29 is 32.7 Å². The first-order valence-electron chi connectivity index (χ1n) is 11.2. The molecule has 1 saturated heterocycles. The molecule has 0 aliphatic carbocycles. The van der Waals surface area contributed by atoms with Gasteiger partial charge < -0.3 is 10.4 Å². The van der Waals surface area contributed by atoms with E-state index < -0.39 is 27.1 Å². The Kier molecular flexibility index (Phi) is 8.75. The first-order chi connectivity index (χ1) is 17.0. The minimum Gasteiger partial charge on any atom is -0.478 e. The van der Waals surface area contributed by atoms with Crippen molar-refractivity contribution in [1.29, 1.82) is 0 Å². The Morgan fingerprint density at radius 2 is 1.75 bits per heavy atom. The fourth-order valence-corrected chi connectivity index (χ4v) is 5.29. The standard InChI is InChI=1S/C24H27N3O7S2/c1-3-15-6-8-16(9-7-15)13-20-22(29)27(24(32)35-20)12-4-5-21(28)25-17-10-11-18(23(30)31)19(14-17)26-36(2,33)34/h6-11,14,20,26H,3-5,12-13H2,1-2H3,(H,25,28)(H,30,31). The van der Waals surface area contributed by atoms with E-state index >= 15 is 0 Å². The highest BCUT2D eigenvalue weighted by atomic mass is 32.2. The van der Waals surface area contributed by atoms with E-state index in [2.05, 4.69) is 17.0 Å². The number of anilines is 2. The summed E-state index contributed by atoms with van der Waals surface area (Å²) in [6, 6.07) is 11.7. The van der Waals surface area contributed by atoms with Crippen LogP contribution in [-0.2, 0) is 32.5 Å². The lowest BCUT2D eigenvalue weighted by Gasteiger charge is -2.14. The maximum absolute atomic E-state index is 12.7. The molecule has 0 spiro atoms. The van der Waals surface area contributed by atoms with Crippen LogP contribution < -0.4 is 10.0 Å². The summed E-state index contributed by atoms with van der Waals surface area (Å²) in [5.74, 6) is -2.03. The Hall–Kier alpha value is -3.38. The lowest BCUT2D eigenvalue weighted by atomic mass is 10.1. The quantitative estimate of drug-likeness (QED) is 0.398. The van der Waals surface area contributed by atoms with Gasteiger partial charge in [-0.3, -0.25) is 24.0 Å². The van der Waals surface area contributed by atoms with Gasteiger partial charge in [-0.15, -0.1) is 0 Å². The van der Waals surface area contributed by atoms with Crippen molar-refractivity contribution in [3.8, 4) is 0 Å². The van der Waals surface area contributed by atoms with E-state index in [-0.39, 0.29) is 47.5 Å². The van der Waals surface area contributed by atoms with Crippen LogP contribution in [0.3, 0.4) is 0 Å². The Balaban J connectivity index is 1.53. The minimum absolute atomic E-state index is 0.000390. The van der Waals surface area contributed by atoms with Crippen LogP contribution in [0.25, 0.3) is 0 Å². The molecule has 1 fully saturated rings. The third kappa shape index (κ3) is 7.31. The molecule has 0 saturated carbocycles. The molecular weight excluding hydrogens is 506 g/mol. The molecule has 2 aromatic rings. The Morgan fingerprint density at radius 1 is 1.08 bits per heavy atom. The Labute approximate surface area is 213 Å². The molecule has 0 aromatic heterocycles. The van der Waals surface area contributed by atoms with E-state index in [0.717, 1.165) is 30.0 Å². The van der Waals surface area contributed by atoms with Gasteiger partial charge in [-0.05, 0) is 48.6 Å². The highest BCUT2D eigenvalue weighted by Crippen LogP contribution is 2.30. The van der Waals surface area contributed by atoms with E-state index in [0.29, 0.717) is 6.42 Å². The number of sulfonamides is 1. The summed E-state index contributed by atoms with van der Waals surface area (Å²) in [4.78, 5) is 49.9. The van der Waals surface area contributed by atoms with Crippen LogP contribution in [0.4, 0.5) is 16.2 Å². The van der Waals surface area contributed by atoms with Crippen LogP contribution >= 0.6 is 11.8 Å². The molecule has 1 atom stereocenters. The van der Waals surface area contributed by atoms with Gasteiger partial charge in [0.15, 0.2) is 0 Å². The van der Waals surface area contributed by atoms with Gasteiger partial charge in [0.1, 0.15) is 0 Å². The average molecular weight is 534 g/mol. The third-order valence-corrected chi connectivity index (χ3v) is 7.14. The molecule has 0 bridgehead atoms. The number of carbonyl (C=O) groups is 4. The number of carboxylic acid groups (broad SMARTS) is 1. The second kappa shape index (κ2) is 11.6. The summed E-state index contributed by atoms with van der Waals surface area (Å²) in [6.07, 6.45) is 2.50. The summed E-state index contributed by atoms with van der Waals surface area (Å²) in [7, 11) is -3.74. The molecule has 1 unspecified atom stereocenters. The van der Waals surface area contributed by atoms with Crippen molar-refractivity contribution in [2.24, 2.45) is 0 Å². The molecule has 36 heavy (non-hydrogen) atoms. The predicted octanol–water partition coefficient (Wildman–Crippen LogP) is 3.34. The molecule has 12 heteroatoms. The smallest absolute Gasteiger partial charge is 0.337 e. The molecule has 3 rings (SSSR count). The zero-order valence-corrected chi connectivity index (χ0v) is 21.4. The second-order valence-corrected chi connectivity index (χ2v) is 11.2. The first kappa shape index (κ1) is 27.2. The van der Waals surface area contributed by atoms with E-state index in [9.17, 15) is 32.7 Å². The molecule has 192 valence electrons. The number of imide groups is 1. The number of aromatic carboxylic acids is 1. The molecular formula is C24H27N3O7S2. The predicted molar refractivity (Wildman–Crippen MR) is 138 cm³/mol. The van der Waals surface area contributed by atoms with Crippen molar-refractivity contribution in [2.75, 3.05) is 22.8 Å². The molecule has 1 heterocycles. The minimum atomic E-state index is -3.74. The summed E-state index contributed by atoms with van der Waals surface area (Å²) >= 11 is 0.991. The maximum atomic E-state index is 12.7. The molecule has 1 aliphatic rings. The SMILES string of the molecule is CCc1ccc(CC2SC(=O)N(CCCC(=O)Nc3ccc(C(=O)O)c(NS(C)(=O)=O)c3)C2=O)cc1. The number of carboxylic acids is 1. The molecule has 3 amide bonds. The highest BCUT2D eigenvalue weighted by molar-refractivity contribution is 8.15. The van der Waals surface area contributed by atoms with Gasteiger partial charge in [0.2, 0.25) is 21.8 Å². The van der Waals surface area contributed by atoms with Crippen LogP contribution in [0, 0.1) is 0 Å². The number of aryl methyl sites for hydroxylation is 1. The normalized spacial score (nSPS) is 15.7. The number of carbonyl (C=O) groups excluding carboxylic acids is 3. The number of thioether (sulfide) groups is 1. The maximum Gasteiger partial charge on any atom is 0.337 e. The van der Waals surface area contributed by atoms with Crippen molar-refractivity contribution in [3.63, 3.8) is 0 Å². The highest BCUT2D eigenvalue weighted by Gasteiger charge is 2.39. The largest absolute Gasteiger partial charge is 0.478 e. The average Bonchev–Trinajstić information content (AvgIpc) is 3.05. The van der Waals surface area contributed by atoms with E-state index in [4.69, 9.17) is 0 Å². The van der Waals surface area contributed by atoms with Gasteiger partial charge in [0.25, 0.3) is 5.24 Å². The van der Waals surface area contributed by atoms with Gasteiger partial charge in [0.05, 0.1) is 22.8 Å². The summed E-state index contributed by atoms with van der Waals surface area (Å²) < 4.78 is 25.2. The van der Waals surface area contributed by atoms with Crippen molar-refractivity contribution in [3.05, 3.63) is 59.2 Å². The first-order valence-corrected chi connectivity index (χ1v) is 14.0. The molecule has 2 aromatic carbocycles. The van der Waals surface area contributed by atoms with E-state index in [1.165, 1.54) is 28.7 Å². The van der Waals surface area contributed by atoms with Crippen LogP contribution in [0.15, 0.2) is 42.5 Å². The summed E-state index contributed by atoms with van der Waals surface area (Å²) in [5.41, 5.74) is 1.93.